The summed E-state index contributed by atoms with van der Waals surface area (Å²) in [6, 6.07) is 20.5. The van der Waals surface area contributed by atoms with Gasteiger partial charge in [-0.05, 0) is 29.4 Å². The number of benzene rings is 3. The molecule has 0 aliphatic rings. The molecule has 4 rings (SSSR count). The highest BCUT2D eigenvalue weighted by atomic mass is 35.7. The number of aromatic nitrogens is 3. The second kappa shape index (κ2) is 10.4. The summed E-state index contributed by atoms with van der Waals surface area (Å²) in [5.74, 6) is 0.727. The van der Waals surface area contributed by atoms with Gasteiger partial charge in [0.05, 0.1) is 0 Å². The molecule has 0 radical (unpaired) electrons. The van der Waals surface area contributed by atoms with Gasteiger partial charge in [-0.1, -0.05) is 69.3 Å². The summed E-state index contributed by atoms with van der Waals surface area (Å²) < 4.78 is 37.6. The maximum atomic E-state index is 8.49. The third-order valence-corrected chi connectivity index (χ3v) is 4.80. The molecule has 0 atom stereocenters. The topological polar surface area (TPSA) is 114 Å². The van der Waals surface area contributed by atoms with E-state index in [0.29, 0.717) is 20.1 Å². The van der Waals surface area contributed by atoms with Crippen molar-refractivity contribution in [3.63, 3.8) is 0 Å². The van der Waals surface area contributed by atoms with Crippen molar-refractivity contribution in [1.82, 2.24) is 9.67 Å². The third kappa shape index (κ3) is 7.05. The molecule has 0 amide bonds. The van der Waals surface area contributed by atoms with E-state index < -0.39 is 10.2 Å². The SMILES string of the molecule is Clc1cc(Cl)cc(-n2c[n+](-c3cc(Cl)cc(Cl)c3)nc2-c2ccccc2)c1.[O-][Cl+3]([O-])([O-])[O-]. The van der Waals surface area contributed by atoms with Crippen LogP contribution in [0.4, 0.5) is 0 Å². The first-order valence-electron chi connectivity index (χ1n) is 8.61. The summed E-state index contributed by atoms with van der Waals surface area (Å²) in [7, 11) is -4.94. The van der Waals surface area contributed by atoms with E-state index in [9.17, 15) is 0 Å². The predicted molar refractivity (Wildman–Crippen MR) is 111 cm³/mol. The van der Waals surface area contributed by atoms with Crippen molar-refractivity contribution in [2.24, 2.45) is 0 Å². The maximum absolute atomic E-state index is 8.49. The molecule has 0 aliphatic heterocycles. The molecular formula is C20H12Cl5N3O4. The van der Waals surface area contributed by atoms with Crippen LogP contribution in [0.5, 0.6) is 0 Å². The molecule has 4 aromatic rings. The van der Waals surface area contributed by atoms with Crippen LogP contribution < -0.4 is 23.3 Å². The van der Waals surface area contributed by atoms with Crippen LogP contribution in [0.15, 0.2) is 73.1 Å². The number of halogens is 5. The number of rotatable bonds is 3. The van der Waals surface area contributed by atoms with Crippen molar-refractivity contribution in [2.45, 2.75) is 0 Å². The normalized spacial score (nSPS) is 11.1. The van der Waals surface area contributed by atoms with Crippen molar-refractivity contribution < 1.29 is 33.6 Å². The van der Waals surface area contributed by atoms with Crippen molar-refractivity contribution in [1.29, 1.82) is 0 Å². The smallest absolute Gasteiger partial charge is 0.222 e. The van der Waals surface area contributed by atoms with Gasteiger partial charge in [-0.3, -0.25) is 0 Å². The van der Waals surface area contributed by atoms with Crippen molar-refractivity contribution in [3.8, 4) is 22.8 Å². The number of hydrogen-bond acceptors (Lipinski definition) is 5. The van der Waals surface area contributed by atoms with Gasteiger partial charge >= 0.3 is 0 Å². The summed E-state index contributed by atoms with van der Waals surface area (Å²) in [5, 5.41) is 6.90. The van der Waals surface area contributed by atoms with Crippen LogP contribution in [0.1, 0.15) is 0 Å². The molecule has 0 saturated heterocycles. The van der Waals surface area contributed by atoms with Crippen LogP contribution in [0.25, 0.3) is 22.8 Å². The van der Waals surface area contributed by atoms with Gasteiger partial charge in [0.1, 0.15) is 5.69 Å². The summed E-state index contributed by atoms with van der Waals surface area (Å²) >= 11 is 24.7. The van der Waals surface area contributed by atoms with Crippen molar-refractivity contribution in [3.05, 3.63) is 93.1 Å². The van der Waals surface area contributed by atoms with E-state index in [1.807, 2.05) is 53.4 Å². The maximum Gasteiger partial charge on any atom is 0.277 e. The average Bonchev–Trinajstić information content (AvgIpc) is 3.11. The molecule has 7 nitrogen and oxygen atoms in total. The Balaban J connectivity index is 0.000000523. The Morgan fingerprint density at radius 3 is 1.69 bits per heavy atom. The van der Waals surface area contributed by atoms with E-state index in [2.05, 4.69) is 0 Å². The van der Waals surface area contributed by atoms with E-state index in [1.165, 1.54) is 0 Å². The molecule has 3 aromatic carbocycles. The van der Waals surface area contributed by atoms with E-state index >= 15 is 0 Å². The van der Waals surface area contributed by atoms with E-state index in [4.69, 9.17) is 70.1 Å². The molecule has 0 aliphatic carbocycles. The summed E-state index contributed by atoms with van der Waals surface area (Å²) in [6.07, 6.45) is 1.84. The first-order valence-corrected chi connectivity index (χ1v) is 11.4. The van der Waals surface area contributed by atoms with Gasteiger partial charge in [-0.15, -0.1) is 10.2 Å². The monoisotopic (exact) mass is 533 g/mol. The second-order valence-corrected chi connectivity index (χ2v) is 8.75. The fourth-order valence-corrected chi connectivity index (χ4v) is 3.82. The Morgan fingerprint density at radius 1 is 0.719 bits per heavy atom. The lowest BCUT2D eigenvalue weighted by molar-refractivity contribution is -2.00. The Kier molecular flexibility index (Phi) is 8.00. The lowest BCUT2D eigenvalue weighted by atomic mass is 10.2. The zero-order valence-corrected chi connectivity index (χ0v) is 19.6. The predicted octanol–water partition coefficient (Wildman–Crippen LogP) is 1.67. The van der Waals surface area contributed by atoms with Crippen LogP contribution >= 0.6 is 46.4 Å². The second-order valence-electron chi connectivity index (χ2n) is 6.25. The molecule has 0 saturated carbocycles. The molecular weight excluding hydrogens is 524 g/mol. The van der Waals surface area contributed by atoms with Gasteiger partial charge in [0.2, 0.25) is 0 Å². The van der Waals surface area contributed by atoms with Gasteiger partial charge in [-0.2, -0.15) is 4.57 Å². The standard InChI is InChI=1S/C20H12Cl4N3.ClHO4/c21-14-6-15(22)9-18(8-14)26-12-27(19-10-16(23)7-17(24)11-19)25-20(26)13-4-2-1-3-5-13;2-1(3,4)5/h1-12H;(H,2,3,4,5)/q+1;/p-1. The molecule has 0 bridgehead atoms. The summed E-state index contributed by atoms with van der Waals surface area (Å²) in [6.45, 7) is 0. The molecule has 0 spiro atoms. The third-order valence-electron chi connectivity index (χ3n) is 3.92. The fraction of sp³-hybridized carbons (Fsp3) is 0. The van der Waals surface area contributed by atoms with Crippen LogP contribution in [-0.2, 0) is 0 Å². The Bertz CT molecular complexity index is 1180. The van der Waals surface area contributed by atoms with Crippen LogP contribution in [-0.4, -0.2) is 9.67 Å². The van der Waals surface area contributed by atoms with Crippen LogP contribution in [0, 0.1) is 10.2 Å². The zero-order chi connectivity index (χ0) is 23.5. The van der Waals surface area contributed by atoms with Gasteiger partial charge in [-0.25, -0.2) is 18.6 Å². The minimum atomic E-state index is -4.94. The molecule has 0 N–H and O–H groups in total. The zero-order valence-electron chi connectivity index (χ0n) is 15.8. The highest BCUT2D eigenvalue weighted by molar-refractivity contribution is 6.35. The van der Waals surface area contributed by atoms with Gasteiger partial charge < -0.3 is 0 Å². The highest BCUT2D eigenvalue weighted by Crippen LogP contribution is 2.26. The van der Waals surface area contributed by atoms with E-state index in [-0.39, 0.29) is 0 Å². The molecule has 32 heavy (non-hydrogen) atoms. The number of hydrogen-bond donors (Lipinski definition) is 0. The lowest BCUT2D eigenvalue weighted by Gasteiger charge is -2.17. The molecule has 1 heterocycles. The fourth-order valence-electron chi connectivity index (χ4n) is 2.79. The quantitative estimate of drug-likeness (QED) is 0.371. The first-order chi connectivity index (χ1) is 15.0. The van der Waals surface area contributed by atoms with E-state index in [1.54, 1.807) is 28.9 Å². The van der Waals surface area contributed by atoms with Crippen molar-refractivity contribution >= 4 is 46.4 Å². The molecule has 166 valence electrons. The van der Waals surface area contributed by atoms with Gasteiger partial charge in [0, 0.05) is 49.9 Å². The molecule has 0 fully saturated rings. The Morgan fingerprint density at radius 2 is 1.19 bits per heavy atom. The molecule has 12 heteroatoms. The first kappa shape index (κ1) is 24.7. The van der Waals surface area contributed by atoms with E-state index in [0.717, 1.165) is 22.8 Å². The molecule has 1 aromatic heterocycles. The summed E-state index contributed by atoms with van der Waals surface area (Å²) in [5.41, 5.74) is 2.49. The van der Waals surface area contributed by atoms with Gasteiger partial charge in [0.25, 0.3) is 12.2 Å². The lowest BCUT2D eigenvalue weighted by Crippen LogP contribution is -2.68. The van der Waals surface area contributed by atoms with Gasteiger partial charge in [0.15, 0.2) is 5.69 Å². The van der Waals surface area contributed by atoms with Crippen LogP contribution in [0.2, 0.25) is 20.1 Å². The number of nitrogens with zero attached hydrogens (tertiary/aromatic N) is 3. The highest BCUT2D eigenvalue weighted by Gasteiger charge is 2.22. The average molecular weight is 536 g/mol. The Labute approximate surface area is 204 Å². The minimum Gasteiger partial charge on any atom is -0.222 e. The largest absolute Gasteiger partial charge is 0.277 e. The summed E-state index contributed by atoms with van der Waals surface area (Å²) in [4.78, 5) is 0. The molecule has 0 unspecified atom stereocenters. The van der Waals surface area contributed by atoms with Crippen molar-refractivity contribution in [2.75, 3.05) is 0 Å². The minimum absolute atomic E-state index is 0.534. The van der Waals surface area contributed by atoms with Crippen LogP contribution in [0.3, 0.4) is 0 Å². The Hall–Kier alpha value is -1.91.